The fourth-order valence-corrected chi connectivity index (χ4v) is 4.44. The molecular formula is C20H23ClN2O4S. The van der Waals surface area contributed by atoms with Crippen molar-refractivity contribution >= 4 is 46.4 Å². The Morgan fingerprint density at radius 1 is 1.18 bits per heavy atom. The van der Waals surface area contributed by atoms with Crippen molar-refractivity contribution in [3.63, 3.8) is 0 Å². The predicted molar refractivity (Wildman–Crippen MR) is 112 cm³/mol. The lowest BCUT2D eigenvalue weighted by Crippen LogP contribution is -2.29. The van der Waals surface area contributed by atoms with Gasteiger partial charge >= 0.3 is 5.97 Å². The number of ether oxygens (including phenoxy) is 1. The minimum absolute atomic E-state index is 0. The summed E-state index contributed by atoms with van der Waals surface area (Å²) >= 11 is 1.43. The molecule has 0 radical (unpaired) electrons. The molecule has 0 aliphatic carbocycles. The molecular weight excluding hydrogens is 400 g/mol. The van der Waals surface area contributed by atoms with Crippen molar-refractivity contribution in [2.75, 3.05) is 25.5 Å². The number of methoxy groups -OCH3 is 1. The van der Waals surface area contributed by atoms with Crippen molar-refractivity contribution in [3.05, 3.63) is 51.4 Å². The molecule has 0 atom stereocenters. The molecule has 0 bridgehead atoms. The summed E-state index contributed by atoms with van der Waals surface area (Å²) in [7, 11) is 1.35. The Labute approximate surface area is 174 Å². The molecule has 1 aromatic carbocycles. The van der Waals surface area contributed by atoms with E-state index < -0.39 is 5.97 Å². The number of fused-ring (bicyclic) bond motifs is 1. The molecule has 0 fully saturated rings. The number of hydrogen-bond donors (Lipinski definition) is 1. The molecule has 150 valence electrons. The van der Waals surface area contributed by atoms with Gasteiger partial charge in [-0.15, -0.1) is 23.7 Å². The standard InChI is InChI=1S/C20H22N2O4S.ClH/c1-4-22-10-9-15-16(11-22)27-19(17(15)20(25)26-3)21-18(24)14-7-5-13(6-8-14)12(2)23;/h5-8H,4,9-11H2,1-3H3,(H,21,24);1H. The summed E-state index contributed by atoms with van der Waals surface area (Å²) in [6.07, 6.45) is 0.757. The topological polar surface area (TPSA) is 75.7 Å². The Bertz CT molecular complexity index is 892. The van der Waals surface area contributed by atoms with Gasteiger partial charge in [-0.25, -0.2) is 4.79 Å². The third kappa shape index (κ3) is 4.43. The quantitative estimate of drug-likeness (QED) is 0.586. The summed E-state index contributed by atoms with van der Waals surface area (Å²) in [5.74, 6) is -0.803. The first-order chi connectivity index (χ1) is 12.9. The molecule has 1 aromatic heterocycles. The minimum atomic E-state index is -0.431. The van der Waals surface area contributed by atoms with Crippen LogP contribution in [0.4, 0.5) is 5.00 Å². The average molecular weight is 423 g/mol. The third-order valence-corrected chi connectivity index (χ3v) is 5.89. The Kier molecular flexibility index (Phi) is 7.35. The first-order valence-corrected chi connectivity index (χ1v) is 9.63. The number of Topliss-reactive ketones (excluding diaryl/α,β-unsaturated/α-hetero) is 1. The first kappa shape index (κ1) is 22.1. The van der Waals surface area contributed by atoms with Crippen molar-refractivity contribution in [1.29, 1.82) is 0 Å². The van der Waals surface area contributed by atoms with E-state index in [1.807, 2.05) is 0 Å². The van der Waals surface area contributed by atoms with E-state index in [-0.39, 0.29) is 24.1 Å². The molecule has 0 spiro atoms. The normalized spacial score (nSPS) is 13.2. The summed E-state index contributed by atoms with van der Waals surface area (Å²) in [6.45, 7) is 6.17. The molecule has 0 saturated heterocycles. The van der Waals surface area contributed by atoms with E-state index in [1.165, 1.54) is 25.4 Å². The van der Waals surface area contributed by atoms with Crippen LogP contribution < -0.4 is 5.32 Å². The van der Waals surface area contributed by atoms with Gasteiger partial charge in [0, 0.05) is 29.1 Å². The molecule has 2 heterocycles. The summed E-state index contributed by atoms with van der Waals surface area (Å²) in [4.78, 5) is 39.7. The van der Waals surface area contributed by atoms with Gasteiger partial charge in [0.15, 0.2) is 5.78 Å². The van der Waals surface area contributed by atoms with Crippen LogP contribution in [0.25, 0.3) is 0 Å². The summed E-state index contributed by atoms with van der Waals surface area (Å²) in [5, 5.41) is 3.38. The maximum absolute atomic E-state index is 12.6. The van der Waals surface area contributed by atoms with Gasteiger partial charge in [-0.05, 0) is 37.6 Å². The lowest BCUT2D eigenvalue weighted by molar-refractivity contribution is 0.0600. The molecule has 1 aliphatic heterocycles. The smallest absolute Gasteiger partial charge is 0.341 e. The van der Waals surface area contributed by atoms with Gasteiger partial charge in [-0.3, -0.25) is 14.5 Å². The molecule has 1 aliphatic rings. The number of halogens is 1. The second kappa shape index (κ2) is 9.32. The molecule has 0 saturated carbocycles. The van der Waals surface area contributed by atoms with Crippen LogP contribution in [0, 0.1) is 0 Å². The number of rotatable bonds is 5. The number of carbonyl (C=O) groups is 3. The molecule has 28 heavy (non-hydrogen) atoms. The number of anilines is 1. The predicted octanol–water partition coefficient (Wildman–Crippen LogP) is 3.79. The van der Waals surface area contributed by atoms with Crippen LogP contribution in [0.2, 0.25) is 0 Å². The number of nitrogens with zero attached hydrogens (tertiary/aromatic N) is 1. The number of esters is 1. The highest BCUT2D eigenvalue weighted by Crippen LogP contribution is 2.37. The number of hydrogen-bond acceptors (Lipinski definition) is 6. The molecule has 2 aromatic rings. The monoisotopic (exact) mass is 422 g/mol. The van der Waals surface area contributed by atoms with Crippen molar-refractivity contribution in [3.8, 4) is 0 Å². The second-order valence-electron chi connectivity index (χ2n) is 6.41. The van der Waals surface area contributed by atoms with Gasteiger partial charge in [-0.1, -0.05) is 19.1 Å². The SMILES string of the molecule is CCN1CCc2c(sc(NC(=O)c3ccc(C(C)=O)cc3)c2C(=O)OC)C1.Cl. The van der Waals surface area contributed by atoms with Crippen molar-refractivity contribution in [1.82, 2.24) is 4.90 Å². The number of benzene rings is 1. The first-order valence-electron chi connectivity index (χ1n) is 8.82. The summed E-state index contributed by atoms with van der Waals surface area (Å²) < 4.78 is 4.95. The second-order valence-corrected chi connectivity index (χ2v) is 7.51. The molecule has 1 N–H and O–H groups in total. The van der Waals surface area contributed by atoms with Crippen LogP contribution in [-0.4, -0.2) is 42.8 Å². The molecule has 6 nitrogen and oxygen atoms in total. The van der Waals surface area contributed by atoms with Crippen molar-refractivity contribution in [2.45, 2.75) is 26.8 Å². The lowest BCUT2D eigenvalue weighted by Gasteiger charge is -2.25. The van der Waals surface area contributed by atoms with Crippen molar-refractivity contribution < 1.29 is 19.1 Å². The van der Waals surface area contributed by atoms with Gasteiger partial charge in [0.2, 0.25) is 0 Å². The summed E-state index contributed by atoms with van der Waals surface area (Å²) in [6, 6.07) is 6.46. The van der Waals surface area contributed by atoms with E-state index >= 15 is 0 Å². The zero-order valence-electron chi connectivity index (χ0n) is 16.0. The van der Waals surface area contributed by atoms with Crippen LogP contribution in [0.5, 0.6) is 0 Å². The Morgan fingerprint density at radius 3 is 2.39 bits per heavy atom. The number of likely N-dealkylation sites (N-methyl/N-ethyl adjacent to an activating group) is 1. The molecule has 8 heteroatoms. The van der Waals surface area contributed by atoms with Gasteiger partial charge in [0.1, 0.15) is 5.00 Å². The fraction of sp³-hybridized carbons (Fsp3) is 0.350. The highest BCUT2D eigenvalue weighted by atomic mass is 35.5. The van der Waals surface area contributed by atoms with E-state index in [9.17, 15) is 14.4 Å². The fourth-order valence-electron chi connectivity index (χ4n) is 3.16. The summed E-state index contributed by atoms with van der Waals surface area (Å²) in [5.41, 5.74) is 2.41. The van der Waals surface area contributed by atoms with Gasteiger partial charge < -0.3 is 10.1 Å². The Morgan fingerprint density at radius 2 is 1.82 bits per heavy atom. The van der Waals surface area contributed by atoms with E-state index in [1.54, 1.807) is 24.3 Å². The number of ketones is 1. The number of thiophene rings is 1. The largest absolute Gasteiger partial charge is 0.465 e. The Balaban J connectivity index is 0.00000280. The lowest BCUT2D eigenvalue weighted by atomic mass is 10.0. The van der Waals surface area contributed by atoms with Gasteiger partial charge in [0.05, 0.1) is 12.7 Å². The maximum atomic E-state index is 12.6. The van der Waals surface area contributed by atoms with Gasteiger partial charge in [-0.2, -0.15) is 0 Å². The number of nitrogens with one attached hydrogen (secondary N) is 1. The van der Waals surface area contributed by atoms with E-state index in [2.05, 4.69) is 17.1 Å². The van der Waals surface area contributed by atoms with Crippen LogP contribution in [-0.2, 0) is 17.7 Å². The molecule has 1 amide bonds. The van der Waals surface area contributed by atoms with E-state index in [4.69, 9.17) is 4.74 Å². The number of amides is 1. The highest BCUT2D eigenvalue weighted by Gasteiger charge is 2.29. The Hall–Kier alpha value is -2.22. The average Bonchev–Trinajstić information content (AvgIpc) is 3.04. The zero-order valence-corrected chi connectivity index (χ0v) is 17.7. The van der Waals surface area contributed by atoms with Crippen LogP contribution in [0.3, 0.4) is 0 Å². The number of carbonyl (C=O) groups excluding carboxylic acids is 3. The minimum Gasteiger partial charge on any atom is -0.465 e. The highest BCUT2D eigenvalue weighted by molar-refractivity contribution is 7.17. The van der Waals surface area contributed by atoms with Crippen molar-refractivity contribution in [2.24, 2.45) is 0 Å². The molecule has 3 rings (SSSR count). The van der Waals surface area contributed by atoms with Crippen LogP contribution in [0.15, 0.2) is 24.3 Å². The maximum Gasteiger partial charge on any atom is 0.341 e. The molecule has 0 unspecified atom stereocenters. The van der Waals surface area contributed by atoms with Crippen LogP contribution >= 0.6 is 23.7 Å². The zero-order chi connectivity index (χ0) is 19.6. The third-order valence-electron chi connectivity index (χ3n) is 4.75. The van der Waals surface area contributed by atoms with Gasteiger partial charge in [0.25, 0.3) is 5.91 Å². The van der Waals surface area contributed by atoms with E-state index in [0.29, 0.717) is 21.7 Å². The van der Waals surface area contributed by atoms with E-state index in [0.717, 1.165) is 36.5 Å². The van der Waals surface area contributed by atoms with Crippen LogP contribution in [0.1, 0.15) is 55.4 Å².